The highest BCUT2D eigenvalue weighted by atomic mass is 16.5. The predicted molar refractivity (Wildman–Crippen MR) is 79.4 cm³/mol. The molecule has 1 fully saturated rings. The number of nitriles is 1. The molecule has 0 aliphatic carbocycles. The van der Waals surface area contributed by atoms with Gasteiger partial charge in [-0.15, -0.1) is 0 Å². The third kappa shape index (κ3) is 4.31. The molecule has 0 saturated carbocycles. The van der Waals surface area contributed by atoms with Crippen LogP contribution in [0.5, 0.6) is 0 Å². The van der Waals surface area contributed by atoms with Crippen molar-refractivity contribution < 1.29 is 4.74 Å². The zero-order valence-electron chi connectivity index (χ0n) is 12.2. The number of hydrogen-bond donors (Lipinski definition) is 0. The maximum Gasteiger partial charge on any atom is 0.0995 e. The Morgan fingerprint density at radius 2 is 1.85 bits per heavy atom. The molecule has 1 aliphatic heterocycles. The van der Waals surface area contributed by atoms with E-state index in [9.17, 15) is 0 Å². The molecule has 1 heterocycles. The van der Waals surface area contributed by atoms with Crippen LogP contribution in [0.3, 0.4) is 0 Å². The molecule has 1 aromatic carbocycles. The number of hydrogen-bond acceptors (Lipinski definition) is 4. The van der Waals surface area contributed by atoms with E-state index in [1.165, 1.54) is 0 Å². The summed E-state index contributed by atoms with van der Waals surface area (Å²) in [6.07, 6.45) is 0. The summed E-state index contributed by atoms with van der Waals surface area (Å²) in [5.41, 5.74) is 1.93. The molecule has 2 rings (SSSR count). The Kier molecular flexibility index (Phi) is 6.00. The van der Waals surface area contributed by atoms with E-state index in [2.05, 4.69) is 21.9 Å². The lowest BCUT2D eigenvalue weighted by atomic mass is 10.1. The minimum absolute atomic E-state index is 0.797. The molecule has 0 aromatic heterocycles. The molecule has 0 N–H and O–H groups in total. The third-order valence-corrected chi connectivity index (χ3v) is 3.75. The lowest BCUT2D eigenvalue weighted by molar-refractivity contribution is 0.0786. The van der Waals surface area contributed by atoms with Crippen LogP contribution in [0.15, 0.2) is 24.3 Å². The fourth-order valence-electron chi connectivity index (χ4n) is 2.52. The number of ether oxygens (including phenoxy) is 1. The van der Waals surface area contributed by atoms with Gasteiger partial charge in [-0.3, -0.25) is 9.80 Å². The van der Waals surface area contributed by atoms with Crippen LogP contribution in [0.1, 0.15) is 18.1 Å². The Hall–Kier alpha value is -1.41. The van der Waals surface area contributed by atoms with Crippen LogP contribution in [0, 0.1) is 11.3 Å². The minimum atomic E-state index is 0.797. The van der Waals surface area contributed by atoms with E-state index in [1.807, 2.05) is 25.1 Å². The molecule has 4 heteroatoms. The summed E-state index contributed by atoms with van der Waals surface area (Å²) in [5.74, 6) is 0. The first-order valence-electron chi connectivity index (χ1n) is 7.34. The van der Waals surface area contributed by atoms with E-state index >= 15 is 0 Å². The van der Waals surface area contributed by atoms with Gasteiger partial charge in [0, 0.05) is 45.9 Å². The molecular weight excluding hydrogens is 250 g/mol. The summed E-state index contributed by atoms with van der Waals surface area (Å²) in [6, 6.07) is 10.2. The zero-order valence-corrected chi connectivity index (χ0v) is 12.2. The lowest BCUT2D eigenvalue weighted by Crippen LogP contribution is -2.46. The first-order valence-corrected chi connectivity index (χ1v) is 7.34. The van der Waals surface area contributed by atoms with Crippen molar-refractivity contribution in [2.75, 3.05) is 45.9 Å². The summed E-state index contributed by atoms with van der Waals surface area (Å²) >= 11 is 0. The van der Waals surface area contributed by atoms with Crippen LogP contribution in [0.2, 0.25) is 0 Å². The second-order valence-corrected chi connectivity index (χ2v) is 5.08. The van der Waals surface area contributed by atoms with E-state index in [4.69, 9.17) is 10.00 Å². The largest absolute Gasteiger partial charge is 0.380 e. The van der Waals surface area contributed by atoms with E-state index in [0.29, 0.717) is 0 Å². The Balaban J connectivity index is 1.78. The van der Waals surface area contributed by atoms with Crippen LogP contribution < -0.4 is 0 Å². The summed E-state index contributed by atoms with van der Waals surface area (Å²) in [5, 5.41) is 9.12. The van der Waals surface area contributed by atoms with Crippen molar-refractivity contribution in [3.63, 3.8) is 0 Å². The Morgan fingerprint density at radius 3 is 2.55 bits per heavy atom. The average molecular weight is 273 g/mol. The Morgan fingerprint density at radius 1 is 1.15 bits per heavy atom. The number of piperazine rings is 1. The summed E-state index contributed by atoms with van der Waals surface area (Å²) in [6.45, 7) is 9.85. The van der Waals surface area contributed by atoms with E-state index < -0.39 is 0 Å². The molecular formula is C16H23N3O. The number of benzene rings is 1. The fourth-order valence-corrected chi connectivity index (χ4v) is 2.52. The van der Waals surface area contributed by atoms with Gasteiger partial charge in [0.15, 0.2) is 0 Å². The smallest absolute Gasteiger partial charge is 0.0995 e. The van der Waals surface area contributed by atoms with Gasteiger partial charge in [-0.05, 0) is 18.6 Å². The van der Waals surface area contributed by atoms with Gasteiger partial charge >= 0.3 is 0 Å². The van der Waals surface area contributed by atoms with Gasteiger partial charge in [0.1, 0.15) is 0 Å². The monoisotopic (exact) mass is 273 g/mol. The Labute approximate surface area is 121 Å². The first kappa shape index (κ1) is 15.0. The van der Waals surface area contributed by atoms with Gasteiger partial charge in [-0.1, -0.05) is 18.2 Å². The zero-order chi connectivity index (χ0) is 14.2. The summed E-state index contributed by atoms with van der Waals surface area (Å²) < 4.78 is 5.40. The highest BCUT2D eigenvalue weighted by molar-refractivity contribution is 5.37. The molecule has 4 nitrogen and oxygen atoms in total. The standard InChI is InChI=1S/C16H23N3O/c1-2-20-12-11-18-7-9-19(10-8-18)14-16-6-4-3-5-15(16)13-17/h3-6H,2,7-12,14H2,1H3. The highest BCUT2D eigenvalue weighted by Gasteiger charge is 2.17. The van der Waals surface area contributed by atoms with Gasteiger partial charge in [0.2, 0.25) is 0 Å². The summed E-state index contributed by atoms with van der Waals surface area (Å²) in [7, 11) is 0. The van der Waals surface area contributed by atoms with Crippen molar-refractivity contribution in [1.29, 1.82) is 5.26 Å². The van der Waals surface area contributed by atoms with Gasteiger partial charge in [0.25, 0.3) is 0 Å². The van der Waals surface area contributed by atoms with Crippen LogP contribution in [-0.4, -0.2) is 55.7 Å². The third-order valence-electron chi connectivity index (χ3n) is 3.75. The van der Waals surface area contributed by atoms with E-state index in [-0.39, 0.29) is 0 Å². The molecule has 0 spiro atoms. The molecule has 1 saturated heterocycles. The minimum Gasteiger partial charge on any atom is -0.380 e. The SMILES string of the molecule is CCOCCN1CCN(Cc2ccccc2C#N)CC1. The predicted octanol–water partition coefficient (Wildman–Crippen LogP) is 1.71. The van der Waals surface area contributed by atoms with Crippen LogP contribution >= 0.6 is 0 Å². The van der Waals surface area contributed by atoms with Crippen molar-refractivity contribution in [2.45, 2.75) is 13.5 Å². The van der Waals surface area contributed by atoms with Gasteiger partial charge < -0.3 is 4.74 Å². The first-order chi connectivity index (χ1) is 9.83. The highest BCUT2D eigenvalue weighted by Crippen LogP contribution is 2.12. The lowest BCUT2D eigenvalue weighted by Gasteiger charge is -2.34. The molecule has 1 aliphatic rings. The Bertz CT molecular complexity index is 447. The molecule has 0 radical (unpaired) electrons. The van der Waals surface area contributed by atoms with Gasteiger partial charge in [-0.25, -0.2) is 0 Å². The van der Waals surface area contributed by atoms with Crippen LogP contribution in [0.25, 0.3) is 0 Å². The molecule has 0 bridgehead atoms. The van der Waals surface area contributed by atoms with Crippen LogP contribution in [0.4, 0.5) is 0 Å². The topological polar surface area (TPSA) is 39.5 Å². The maximum absolute atomic E-state index is 9.12. The van der Waals surface area contributed by atoms with E-state index in [0.717, 1.165) is 63.6 Å². The molecule has 0 atom stereocenters. The van der Waals surface area contributed by atoms with Crippen molar-refractivity contribution in [3.05, 3.63) is 35.4 Å². The van der Waals surface area contributed by atoms with E-state index in [1.54, 1.807) is 0 Å². The average Bonchev–Trinajstić information content (AvgIpc) is 2.50. The van der Waals surface area contributed by atoms with Gasteiger partial charge in [-0.2, -0.15) is 5.26 Å². The molecule has 0 amide bonds. The van der Waals surface area contributed by atoms with Crippen LogP contribution in [-0.2, 0) is 11.3 Å². The molecule has 20 heavy (non-hydrogen) atoms. The van der Waals surface area contributed by atoms with Crippen molar-refractivity contribution in [1.82, 2.24) is 9.80 Å². The second kappa shape index (κ2) is 8.01. The van der Waals surface area contributed by atoms with Crippen molar-refractivity contribution in [2.24, 2.45) is 0 Å². The van der Waals surface area contributed by atoms with Gasteiger partial charge in [0.05, 0.1) is 18.2 Å². The quantitative estimate of drug-likeness (QED) is 0.740. The second-order valence-electron chi connectivity index (χ2n) is 5.08. The maximum atomic E-state index is 9.12. The normalized spacial score (nSPS) is 17.0. The summed E-state index contributed by atoms with van der Waals surface area (Å²) in [4.78, 5) is 4.87. The molecule has 1 aromatic rings. The van der Waals surface area contributed by atoms with Crippen molar-refractivity contribution >= 4 is 0 Å². The fraction of sp³-hybridized carbons (Fsp3) is 0.562. The molecule has 0 unspecified atom stereocenters. The molecule has 108 valence electrons. The number of rotatable bonds is 6. The van der Waals surface area contributed by atoms with Crippen molar-refractivity contribution in [3.8, 4) is 6.07 Å². The number of nitrogens with zero attached hydrogens (tertiary/aromatic N) is 3.